The summed E-state index contributed by atoms with van der Waals surface area (Å²) in [4.78, 5) is 12.0. The molecule has 0 unspecified atom stereocenters. The standard InChI is InChI=1S/C14H10N2O2/c17-14(11-7-9-18-10-11)13-6-8-16(15-13)12-4-2-1-3-5-12/h1-10H. The van der Waals surface area contributed by atoms with E-state index in [0.717, 1.165) is 5.69 Å². The molecule has 0 aliphatic carbocycles. The lowest BCUT2D eigenvalue weighted by Gasteiger charge is -1.99. The van der Waals surface area contributed by atoms with E-state index in [2.05, 4.69) is 5.10 Å². The van der Waals surface area contributed by atoms with Crippen molar-refractivity contribution in [3.05, 3.63) is 72.4 Å². The van der Waals surface area contributed by atoms with Crippen molar-refractivity contribution in [2.24, 2.45) is 0 Å². The van der Waals surface area contributed by atoms with Gasteiger partial charge in [0.15, 0.2) is 0 Å². The summed E-state index contributed by atoms with van der Waals surface area (Å²) in [7, 11) is 0. The minimum absolute atomic E-state index is 0.140. The van der Waals surface area contributed by atoms with Crippen LogP contribution in [-0.2, 0) is 0 Å². The summed E-state index contributed by atoms with van der Waals surface area (Å²) in [6.45, 7) is 0. The lowest BCUT2D eigenvalue weighted by molar-refractivity contribution is 0.103. The average molecular weight is 238 g/mol. The van der Waals surface area contributed by atoms with Crippen molar-refractivity contribution in [1.82, 2.24) is 9.78 Å². The number of aromatic nitrogens is 2. The Morgan fingerprint density at radius 2 is 1.94 bits per heavy atom. The number of ketones is 1. The molecule has 0 N–H and O–H groups in total. The summed E-state index contributed by atoms with van der Waals surface area (Å²) in [5.74, 6) is -0.140. The van der Waals surface area contributed by atoms with Crippen molar-refractivity contribution in [2.75, 3.05) is 0 Å². The fraction of sp³-hybridized carbons (Fsp3) is 0. The maximum Gasteiger partial charge on any atom is 0.216 e. The first-order valence-electron chi connectivity index (χ1n) is 5.52. The van der Waals surface area contributed by atoms with Crippen molar-refractivity contribution < 1.29 is 9.21 Å². The predicted octanol–water partition coefficient (Wildman–Crippen LogP) is 2.70. The maximum atomic E-state index is 12.0. The van der Waals surface area contributed by atoms with E-state index in [1.807, 2.05) is 30.3 Å². The number of furan rings is 1. The fourth-order valence-corrected chi connectivity index (χ4v) is 1.71. The molecule has 0 amide bonds. The first-order chi connectivity index (χ1) is 8.84. The van der Waals surface area contributed by atoms with Crippen LogP contribution < -0.4 is 0 Å². The van der Waals surface area contributed by atoms with E-state index in [-0.39, 0.29) is 5.78 Å². The number of hydrogen-bond donors (Lipinski definition) is 0. The number of hydrogen-bond acceptors (Lipinski definition) is 3. The van der Waals surface area contributed by atoms with Crippen LogP contribution in [0.1, 0.15) is 16.1 Å². The average Bonchev–Trinajstić information content (AvgIpc) is 3.10. The summed E-state index contributed by atoms with van der Waals surface area (Å²) in [5.41, 5.74) is 1.83. The van der Waals surface area contributed by atoms with Crippen LogP contribution in [0.4, 0.5) is 0 Å². The Balaban J connectivity index is 1.93. The number of nitrogens with zero attached hydrogens (tertiary/aromatic N) is 2. The van der Waals surface area contributed by atoms with Gasteiger partial charge in [-0.2, -0.15) is 5.10 Å². The molecule has 0 aliphatic heterocycles. The summed E-state index contributed by atoms with van der Waals surface area (Å²) < 4.78 is 6.57. The zero-order chi connectivity index (χ0) is 12.4. The SMILES string of the molecule is O=C(c1ccoc1)c1ccn(-c2ccccc2)n1. The topological polar surface area (TPSA) is 48.0 Å². The third-order valence-electron chi connectivity index (χ3n) is 2.63. The summed E-state index contributed by atoms with van der Waals surface area (Å²) in [5, 5.41) is 4.26. The van der Waals surface area contributed by atoms with Gasteiger partial charge in [0, 0.05) is 6.20 Å². The minimum atomic E-state index is -0.140. The van der Waals surface area contributed by atoms with Gasteiger partial charge < -0.3 is 4.42 Å². The van der Waals surface area contributed by atoms with Crippen LogP contribution in [0.25, 0.3) is 5.69 Å². The third kappa shape index (κ3) is 1.84. The molecular formula is C14H10N2O2. The molecule has 4 heteroatoms. The number of carbonyl (C=O) groups excluding carboxylic acids is 1. The van der Waals surface area contributed by atoms with Gasteiger partial charge in [0.25, 0.3) is 0 Å². The zero-order valence-corrected chi connectivity index (χ0v) is 9.48. The monoisotopic (exact) mass is 238 g/mol. The molecule has 18 heavy (non-hydrogen) atoms. The summed E-state index contributed by atoms with van der Waals surface area (Å²) >= 11 is 0. The second-order valence-corrected chi connectivity index (χ2v) is 3.82. The van der Waals surface area contributed by atoms with E-state index in [1.165, 1.54) is 12.5 Å². The van der Waals surface area contributed by atoms with Gasteiger partial charge in [-0.05, 0) is 24.3 Å². The van der Waals surface area contributed by atoms with Crippen LogP contribution in [0.5, 0.6) is 0 Å². The summed E-state index contributed by atoms with van der Waals surface area (Å²) in [6, 6.07) is 13.0. The largest absolute Gasteiger partial charge is 0.472 e. The number of rotatable bonds is 3. The molecule has 2 aromatic heterocycles. The molecular weight excluding hydrogens is 228 g/mol. The van der Waals surface area contributed by atoms with Crippen LogP contribution in [0, 0.1) is 0 Å². The van der Waals surface area contributed by atoms with Gasteiger partial charge in [-0.1, -0.05) is 18.2 Å². The van der Waals surface area contributed by atoms with Gasteiger partial charge in [-0.25, -0.2) is 4.68 Å². The molecule has 3 aromatic rings. The highest BCUT2D eigenvalue weighted by Gasteiger charge is 2.13. The molecule has 4 nitrogen and oxygen atoms in total. The Bertz CT molecular complexity index is 654. The molecule has 0 atom stereocenters. The number of carbonyl (C=O) groups is 1. The van der Waals surface area contributed by atoms with Crippen molar-refractivity contribution in [2.45, 2.75) is 0 Å². The van der Waals surface area contributed by atoms with Gasteiger partial charge in [0.1, 0.15) is 12.0 Å². The number of benzene rings is 1. The van der Waals surface area contributed by atoms with Crippen LogP contribution >= 0.6 is 0 Å². The van der Waals surface area contributed by atoms with Crippen molar-refractivity contribution in [1.29, 1.82) is 0 Å². The first-order valence-corrected chi connectivity index (χ1v) is 5.52. The summed E-state index contributed by atoms with van der Waals surface area (Å²) in [6.07, 6.45) is 4.66. The van der Waals surface area contributed by atoms with Gasteiger partial charge in [0.05, 0.1) is 17.5 Å². The van der Waals surface area contributed by atoms with Crippen LogP contribution in [0.15, 0.2) is 65.6 Å². The quantitative estimate of drug-likeness (QED) is 0.659. The van der Waals surface area contributed by atoms with Gasteiger partial charge in [-0.15, -0.1) is 0 Å². The lowest BCUT2D eigenvalue weighted by Crippen LogP contribution is -2.02. The van der Waals surface area contributed by atoms with Crippen LogP contribution in [-0.4, -0.2) is 15.6 Å². The van der Waals surface area contributed by atoms with Crippen molar-refractivity contribution >= 4 is 5.78 Å². The van der Waals surface area contributed by atoms with E-state index in [0.29, 0.717) is 11.3 Å². The van der Waals surface area contributed by atoms with Crippen molar-refractivity contribution in [3.63, 3.8) is 0 Å². The molecule has 0 aliphatic rings. The molecule has 0 saturated carbocycles. The van der Waals surface area contributed by atoms with Gasteiger partial charge in [-0.3, -0.25) is 4.79 Å². The molecule has 0 saturated heterocycles. The zero-order valence-electron chi connectivity index (χ0n) is 9.48. The Kier molecular flexibility index (Phi) is 2.53. The second-order valence-electron chi connectivity index (χ2n) is 3.82. The number of para-hydroxylation sites is 1. The highest BCUT2D eigenvalue weighted by atomic mass is 16.3. The van der Waals surface area contributed by atoms with Crippen molar-refractivity contribution in [3.8, 4) is 5.69 Å². The Morgan fingerprint density at radius 3 is 2.67 bits per heavy atom. The van der Waals surface area contributed by atoms with E-state index < -0.39 is 0 Å². The van der Waals surface area contributed by atoms with E-state index in [4.69, 9.17) is 4.42 Å². The Labute approximate surface area is 103 Å². The smallest absolute Gasteiger partial charge is 0.216 e. The fourth-order valence-electron chi connectivity index (χ4n) is 1.71. The second kappa shape index (κ2) is 4.33. The predicted molar refractivity (Wildman–Crippen MR) is 65.7 cm³/mol. The highest BCUT2D eigenvalue weighted by Crippen LogP contribution is 2.11. The minimum Gasteiger partial charge on any atom is -0.472 e. The van der Waals surface area contributed by atoms with Crippen LogP contribution in [0.2, 0.25) is 0 Å². The Hall–Kier alpha value is -2.62. The molecule has 0 bridgehead atoms. The normalized spacial score (nSPS) is 10.4. The molecule has 0 fully saturated rings. The molecule has 3 rings (SSSR count). The van der Waals surface area contributed by atoms with Gasteiger partial charge in [0.2, 0.25) is 5.78 Å². The Morgan fingerprint density at radius 1 is 1.11 bits per heavy atom. The van der Waals surface area contributed by atoms with Gasteiger partial charge >= 0.3 is 0 Å². The van der Waals surface area contributed by atoms with E-state index in [1.54, 1.807) is 23.0 Å². The molecule has 0 radical (unpaired) electrons. The molecule has 88 valence electrons. The molecule has 1 aromatic carbocycles. The molecule has 2 heterocycles. The highest BCUT2D eigenvalue weighted by molar-refractivity contribution is 6.07. The third-order valence-corrected chi connectivity index (χ3v) is 2.63. The van der Waals surface area contributed by atoms with E-state index in [9.17, 15) is 4.79 Å². The first kappa shape index (κ1) is 10.5. The lowest BCUT2D eigenvalue weighted by atomic mass is 10.2. The molecule has 0 spiro atoms. The van der Waals surface area contributed by atoms with Crippen LogP contribution in [0.3, 0.4) is 0 Å². The maximum absolute atomic E-state index is 12.0. The van der Waals surface area contributed by atoms with E-state index >= 15 is 0 Å².